The van der Waals surface area contributed by atoms with Crippen molar-refractivity contribution in [3.8, 4) is 5.75 Å². The summed E-state index contributed by atoms with van der Waals surface area (Å²) in [6.45, 7) is -2.50. The van der Waals surface area contributed by atoms with Gasteiger partial charge in [-0.25, -0.2) is 0 Å². The number of methoxy groups -OCH3 is 1. The maximum atomic E-state index is 9.62. The number of piperidine rings is 1. The first-order valence-corrected chi connectivity index (χ1v) is 7.08. The lowest BCUT2D eigenvalue weighted by Crippen LogP contribution is -2.60. The summed E-state index contributed by atoms with van der Waals surface area (Å²) in [6, 6.07) is 1.99. The summed E-state index contributed by atoms with van der Waals surface area (Å²) in [4.78, 5) is 0.719. The average Bonchev–Trinajstić information content (AvgIpc) is 2.69. The van der Waals surface area contributed by atoms with Crippen LogP contribution in [0.25, 0.3) is 0 Å². The quantitative estimate of drug-likeness (QED) is 0.785. The van der Waals surface area contributed by atoms with E-state index in [1.807, 2.05) is 0 Å². The van der Waals surface area contributed by atoms with Gasteiger partial charge in [0.1, 0.15) is 5.75 Å². The molecule has 1 saturated carbocycles. The highest BCUT2D eigenvalue weighted by molar-refractivity contribution is 5.45. The highest BCUT2D eigenvalue weighted by Gasteiger charge is 2.54. The predicted octanol–water partition coefficient (Wildman–Crippen LogP) is 3.63. The number of ether oxygens (including phenoxy) is 1. The molecule has 1 aromatic rings. The number of hydrogen-bond donors (Lipinski definition) is 0. The van der Waals surface area contributed by atoms with E-state index in [0.29, 0.717) is 0 Å². The second-order valence-corrected chi connectivity index (χ2v) is 5.72. The molecule has 0 spiro atoms. The van der Waals surface area contributed by atoms with Crippen molar-refractivity contribution >= 4 is 0 Å². The highest BCUT2D eigenvalue weighted by atomic mass is 16.5. The van der Waals surface area contributed by atoms with E-state index in [1.165, 1.54) is 25.3 Å². The van der Waals surface area contributed by atoms with Gasteiger partial charge in [0.15, 0.2) is 0 Å². The molecule has 1 heterocycles. The molecule has 2 fully saturated rings. The summed E-state index contributed by atoms with van der Waals surface area (Å²) in [6.07, 6.45) is -12.5. The van der Waals surface area contributed by atoms with Crippen LogP contribution in [0.4, 0.5) is 0 Å². The maximum absolute atomic E-state index is 9.62. The first kappa shape index (κ1) is 5.56. The van der Waals surface area contributed by atoms with Gasteiger partial charge in [-0.2, -0.15) is 0 Å². The molecule has 0 radical (unpaired) electrons. The Labute approximate surface area is 146 Å². The van der Waals surface area contributed by atoms with Gasteiger partial charge in [-0.15, -0.1) is 0 Å². The third-order valence-electron chi connectivity index (χ3n) is 4.54. The van der Waals surface area contributed by atoms with Gasteiger partial charge in [-0.05, 0) is 80.5 Å². The molecule has 2 nitrogen and oxygen atoms in total. The van der Waals surface area contributed by atoms with Gasteiger partial charge in [0.05, 0.1) is 7.11 Å². The zero-order valence-corrected chi connectivity index (χ0v) is 12.1. The molecule has 21 heavy (non-hydrogen) atoms. The summed E-state index contributed by atoms with van der Waals surface area (Å²) >= 11 is 0. The van der Waals surface area contributed by atoms with Crippen molar-refractivity contribution in [2.45, 2.75) is 50.3 Å². The third kappa shape index (κ3) is 1.88. The molecule has 0 amide bonds. The van der Waals surface area contributed by atoms with Gasteiger partial charge in [-0.1, -0.05) is 13.0 Å². The minimum Gasteiger partial charge on any atom is -0.497 e. The lowest BCUT2D eigenvalue weighted by molar-refractivity contribution is -0.0112. The molecule has 0 N–H and O–H groups in total. The monoisotopic (exact) mass is 298 g/mol. The summed E-state index contributed by atoms with van der Waals surface area (Å²) in [5.41, 5.74) is -2.59. The molecule has 1 aliphatic heterocycles. The molecule has 3 aliphatic rings. The second kappa shape index (κ2) is 4.74. The van der Waals surface area contributed by atoms with Gasteiger partial charge in [0.25, 0.3) is 0 Å². The summed E-state index contributed by atoms with van der Waals surface area (Å²) in [7, 11) is 1.33. The maximum Gasteiger partial charge on any atom is 0.119 e. The summed E-state index contributed by atoms with van der Waals surface area (Å²) < 4.78 is 119. The van der Waals surface area contributed by atoms with E-state index in [2.05, 4.69) is 0 Å². The van der Waals surface area contributed by atoms with E-state index in [4.69, 9.17) is 21.2 Å². The Hall–Kier alpha value is -1.02. The number of likely N-dealkylation sites (tertiary alicyclic amines) is 1. The van der Waals surface area contributed by atoms with Crippen LogP contribution >= 0.6 is 0 Å². The molecular weight excluding hydrogens is 258 g/mol. The van der Waals surface area contributed by atoms with Crippen molar-refractivity contribution in [2.75, 3.05) is 20.6 Å². The molecular formula is C19H27NO. The van der Waals surface area contributed by atoms with Gasteiger partial charge >= 0.3 is 0 Å². The fraction of sp³-hybridized carbons (Fsp3) is 0.684. The molecule has 0 aromatic heterocycles. The minimum absolute atomic E-state index is 0.124. The van der Waals surface area contributed by atoms with Crippen LogP contribution < -0.4 is 4.74 Å². The number of benzene rings is 1. The molecule has 1 aromatic carbocycles. The van der Waals surface area contributed by atoms with Gasteiger partial charge in [0.2, 0.25) is 0 Å². The van der Waals surface area contributed by atoms with Crippen LogP contribution in [-0.2, 0) is 11.8 Å². The van der Waals surface area contributed by atoms with Gasteiger partial charge in [-0.3, -0.25) is 0 Å². The van der Waals surface area contributed by atoms with Crippen LogP contribution in [0.15, 0.2) is 18.2 Å². The lowest BCUT2D eigenvalue weighted by Gasteiger charge is -2.59. The Morgan fingerprint density at radius 1 is 1.52 bits per heavy atom. The standard InChI is InChI=1S/C19H27NO/c1-13-6-7-19-8-9-20(2)18(17(19)10-13)11-14-4-5-15(21-3)12-16(14)19/h4-5,12-13,17-18H,6-11H2,1-3H3/t13?,17-,18+,19-/m1/s1/i2D3,6D2,7D2,10D2,11D2,13D,17D. The zero-order chi connectivity index (χ0) is 26.1. The molecule has 1 unspecified atom stereocenters. The van der Waals surface area contributed by atoms with E-state index in [1.54, 1.807) is 0 Å². The molecule has 4 rings (SSSR count). The van der Waals surface area contributed by atoms with Crippen LogP contribution in [0.2, 0.25) is 0 Å². The minimum atomic E-state index is -3.18. The number of rotatable bonds is 1. The molecule has 4 atom stereocenters. The zero-order valence-electron chi connectivity index (χ0n) is 25.1. The van der Waals surface area contributed by atoms with Crippen molar-refractivity contribution < 1.29 is 22.6 Å². The fourth-order valence-corrected chi connectivity index (χ4v) is 3.45. The van der Waals surface area contributed by atoms with E-state index in [-0.39, 0.29) is 16.9 Å². The van der Waals surface area contributed by atoms with E-state index in [0.717, 1.165) is 11.8 Å². The van der Waals surface area contributed by atoms with Crippen LogP contribution in [-0.4, -0.2) is 31.6 Å². The van der Waals surface area contributed by atoms with E-state index in [9.17, 15) is 1.37 Å². The smallest absolute Gasteiger partial charge is 0.119 e. The first-order chi connectivity index (χ1) is 15.1. The van der Waals surface area contributed by atoms with Gasteiger partial charge < -0.3 is 9.64 Å². The molecule has 114 valence electrons. The van der Waals surface area contributed by atoms with Crippen LogP contribution in [0.3, 0.4) is 0 Å². The third-order valence-corrected chi connectivity index (χ3v) is 4.54. The first-order valence-electron chi connectivity index (χ1n) is 13.6. The van der Waals surface area contributed by atoms with E-state index < -0.39 is 68.7 Å². The molecule has 1 saturated heterocycles. The van der Waals surface area contributed by atoms with Crippen LogP contribution in [0, 0.1) is 11.8 Å². The summed E-state index contributed by atoms with van der Waals surface area (Å²) in [5.74, 6) is -5.59. The molecule has 2 bridgehead atoms. The Kier molecular flexibility index (Phi) is 1.25. The van der Waals surface area contributed by atoms with Crippen molar-refractivity contribution in [3.63, 3.8) is 0 Å². The summed E-state index contributed by atoms with van der Waals surface area (Å²) in [5, 5.41) is 0. The normalized spacial score (nSPS) is 64.9. The Balaban J connectivity index is 2.27. The largest absolute Gasteiger partial charge is 0.497 e. The lowest BCUT2D eigenvalue weighted by atomic mass is 9.51. The Morgan fingerprint density at radius 2 is 2.43 bits per heavy atom. The molecule has 2 aliphatic carbocycles. The van der Waals surface area contributed by atoms with Crippen molar-refractivity contribution in [2.24, 2.45) is 11.8 Å². The fourth-order valence-electron chi connectivity index (χ4n) is 3.45. The average molecular weight is 299 g/mol. The Bertz CT molecular complexity index is 1040. The Morgan fingerprint density at radius 3 is 3.24 bits per heavy atom. The van der Waals surface area contributed by atoms with Crippen molar-refractivity contribution in [3.05, 3.63) is 29.3 Å². The molecule has 2 heteroatoms. The van der Waals surface area contributed by atoms with Crippen molar-refractivity contribution in [1.82, 2.24) is 4.90 Å². The van der Waals surface area contributed by atoms with Crippen molar-refractivity contribution in [1.29, 1.82) is 0 Å². The SMILES string of the molecule is [2H]C1([2H])c2ccc(OC)cc2[C@@]23CCN(C([2H])([2H])[2H])[C@@H]1[C@@]2([2H])C([2H])([2H])C([2H])(C)C([2H])([2H])C3([2H])[2H]. The van der Waals surface area contributed by atoms with E-state index >= 15 is 0 Å². The number of fused-ring (bicyclic) bond motifs is 1. The topological polar surface area (TPSA) is 12.5 Å². The number of nitrogens with zero attached hydrogens (tertiary/aromatic N) is 1. The predicted molar refractivity (Wildman–Crippen MR) is 85.9 cm³/mol. The highest BCUT2D eigenvalue weighted by Crippen LogP contribution is 2.56. The van der Waals surface area contributed by atoms with Gasteiger partial charge in [0, 0.05) is 29.3 Å². The number of hydrogen-bond acceptors (Lipinski definition) is 2. The van der Waals surface area contributed by atoms with Crippen LogP contribution in [0.5, 0.6) is 5.75 Å². The second-order valence-electron chi connectivity index (χ2n) is 5.72. The number of likely N-dealkylation sites (N-methyl/N-ethyl adjacent to an activating group) is 1. The van der Waals surface area contributed by atoms with Crippen LogP contribution in [0.1, 0.15) is 61.4 Å².